The molecule has 1 aromatic carbocycles. The molecule has 1 aromatic rings. The fourth-order valence-electron chi connectivity index (χ4n) is 3.26. The van der Waals surface area contributed by atoms with Crippen LogP contribution in [-0.4, -0.2) is 31.3 Å². The molecule has 0 spiro atoms. The Morgan fingerprint density at radius 1 is 1.25 bits per heavy atom. The van der Waals surface area contributed by atoms with Crippen LogP contribution in [-0.2, 0) is 26.2 Å². The number of nitrogens with one attached hydrogen (secondary N) is 2. The lowest BCUT2D eigenvalue weighted by molar-refractivity contribution is -0.158. The predicted octanol–water partition coefficient (Wildman–Crippen LogP) is 3.56. The Hall–Kier alpha value is -2.29. The Balaban J connectivity index is 2.52. The Kier molecular flexibility index (Phi) is 6.59. The third-order valence-corrected chi connectivity index (χ3v) is 4.41. The first kappa shape index (κ1) is 22.0. The molecule has 0 aliphatic carbocycles. The number of rotatable bonds is 5. The van der Waals surface area contributed by atoms with Gasteiger partial charge in [-0.25, -0.2) is 4.79 Å². The lowest BCUT2D eigenvalue weighted by Crippen LogP contribution is -2.57. The minimum absolute atomic E-state index is 0.0222. The van der Waals surface area contributed by atoms with Crippen LogP contribution in [0.15, 0.2) is 24.3 Å². The molecule has 0 radical (unpaired) electrons. The molecule has 2 rings (SSSR count). The maximum absolute atomic E-state index is 13.2. The molecular weight excluding hydrogens is 377 g/mol. The Bertz CT molecular complexity index is 697. The van der Waals surface area contributed by atoms with Crippen LogP contribution in [0, 0.1) is 5.92 Å². The quantitative estimate of drug-likeness (QED) is 0.582. The molecule has 2 unspecified atom stereocenters. The maximum atomic E-state index is 13.2. The van der Waals surface area contributed by atoms with Crippen molar-refractivity contribution in [3.63, 3.8) is 0 Å². The van der Waals surface area contributed by atoms with Gasteiger partial charge in [0.05, 0.1) is 5.56 Å². The second kappa shape index (κ2) is 8.38. The molecule has 1 fully saturated rings. The molecule has 0 aromatic heterocycles. The average Bonchev–Trinajstić information content (AvgIpc) is 2.60. The van der Waals surface area contributed by atoms with Crippen molar-refractivity contribution in [2.75, 3.05) is 13.1 Å². The van der Waals surface area contributed by atoms with Gasteiger partial charge in [0.15, 0.2) is 0 Å². The molecular formula is C19H25F3N2O4. The first-order valence-electron chi connectivity index (χ1n) is 8.99. The summed E-state index contributed by atoms with van der Waals surface area (Å²) in [4.78, 5) is 23.8. The zero-order valence-electron chi connectivity index (χ0n) is 16.1. The number of benzene rings is 1. The number of amides is 1. The van der Waals surface area contributed by atoms with Crippen LogP contribution < -0.4 is 10.6 Å². The molecule has 28 heavy (non-hydrogen) atoms. The number of alkyl halides is 3. The van der Waals surface area contributed by atoms with Crippen LogP contribution in [0.1, 0.15) is 44.7 Å². The summed E-state index contributed by atoms with van der Waals surface area (Å²) in [5, 5.41) is 5.66. The van der Waals surface area contributed by atoms with E-state index in [1.807, 2.05) is 0 Å². The van der Waals surface area contributed by atoms with Crippen LogP contribution in [0.5, 0.6) is 0 Å². The van der Waals surface area contributed by atoms with E-state index in [4.69, 9.17) is 9.47 Å². The van der Waals surface area contributed by atoms with Crippen molar-refractivity contribution in [2.45, 2.75) is 51.1 Å². The molecule has 9 heteroatoms. The lowest BCUT2D eigenvalue weighted by Gasteiger charge is -2.42. The first-order chi connectivity index (χ1) is 13.0. The van der Waals surface area contributed by atoms with E-state index in [2.05, 4.69) is 10.6 Å². The number of carbonyl (C=O) groups is 2. The highest BCUT2D eigenvalue weighted by Crippen LogP contribution is 2.38. The van der Waals surface area contributed by atoms with Gasteiger partial charge in [0.25, 0.3) is 6.47 Å². The van der Waals surface area contributed by atoms with E-state index in [1.165, 1.54) is 12.1 Å². The van der Waals surface area contributed by atoms with E-state index < -0.39 is 35.1 Å². The smallest absolute Gasteiger partial charge is 0.416 e. The molecule has 2 N–H and O–H groups in total. The van der Waals surface area contributed by atoms with Crippen LogP contribution in [0.3, 0.4) is 0 Å². The fourth-order valence-corrected chi connectivity index (χ4v) is 3.26. The summed E-state index contributed by atoms with van der Waals surface area (Å²) in [6.07, 6.45) is -4.23. The summed E-state index contributed by atoms with van der Waals surface area (Å²) in [7, 11) is 0. The first-order valence-corrected chi connectivity index (χ1v) is 8.99. The number of ether oxygens (including phenoxy) is 2. The highest BCUT2D eigenvalue weighted by Gasteiger charge is 2.46. The molecule has 1 heterocycles. The van der Waals surface area contributed by atoms with Crippen LogP contribution in [0.4, 0.5) is 18.0 Å². The largest absolute Gasteiger partial charge is 0.444 e. The minimum Gasteiger partial charge on any atom is -0.444 e. The van der Waals surface area contributed by atoms with E-state index in [0.717, 1.165) is 18.7 Å². The van der Waals surface area contributed by atoms with Crippen molar-refractivity contribution in [1.82, 2.24) is 10.6 Å². The summed E-state index contributed by atoms with van der Waals surface area (Å²) in [5.41, 5.74) is -3.51. The van der Waals surface area contributed by atoms with Gasteiger partial charge in [-0.3, -0.25) is 10.1 Å². The monoisotopic (exact) mass is 402 g/mol. The number of hydrogen-bond acceptors (Lipinski definition) is 5. The minimum atomic E-state index is -4.58. The third-order valence-electron chi connectivity index (χ3n) is 4.41. The number of carbonyl (C=O) groups excluding carboxylic acids is 2. The number of halogens is 3. The van der Waals surface area contributed by atoms with Crippen molar-refractivity contribution in [1.29, 1.82) is 0 Å². The van der Waals surface area contributed by atoms with Crippen molar-refractivity contribution in [3.05, 3.63) is 35.4 Å². The SMILES string of the molecule is CC(C)(C)OC(=O)NC(OC=O)(c1cccc(C(F)(F)F)c1)C1CCCNC1. The molecule has 1 amide bonds. The van der Waals surface area contributed by atoms with Crippen molar-refractivity contribution >= 4 is 12.6 Å². The highest BCUT2D eigenvalue weighted by atomic mass is 19.4. The lowest BCUT2D eigenvalue weighted by atomic mass is 9.83. The van der Waals surface area contributed by atoms with E-state index in [1.54, 1.807) is 20.8 Å². The van der Waals surface area contributed by atoms with Crippen molar-refractivity contribution < 1.29 is 32.2 Å². The van der Waals surface area contributed by atoms with E-state index in [9.17, 15) is 22.8 Å². The number of alkyl carbamates (subject to hydrolysis) is 1. The van der Waals surface area contributed by atoms with Gasteiger partial charge < -0.3 is 14.8 Å². The summed E-state index contributed by atoms with van der Waals surface area (Å²) < 4.78 is 50.3. The van der Waals surface area contributed by atoms with Gasteiger partial charge >= 0.3 is 12.3 Å². The van der Waals surface area contributed by atoms with E-state index in [0.29, 0.717) is 19.4 Å². The van der Waals surface area contributed by atoms with E-state index >= 15 is 0 Å². The number of piperidine rings is 1. The highest BCUT2D eigenvalue weighted by molar-refractivity contribution is 5.69. The predicted molar refractivity (Wildman–Crippen MR) is 95.2 cm³/mol. The molecule has 0 bridgehead atoms. The average molecular weight is 402 g/mol. The van der Waals surface area contributed by atoms with Gasteiger partial charge in [-0.1, -0.05) is 12.1 Å². The second-order valence-electron chi connectivity index (χ2n) is 7.70. The Labute approximate surface area is 161 Å². The van der Waals surface area contributed by atoms with Gasteiger partial charge in [0.1, 0.15) is 5.60 Å². The summed E-state index contributed by atoms with van der Waals surface area (Å²) >= 11 is 0. The molecule has 1 saturated heterocycles. The Morgan fingerprint density at radius 2 is 1.93 bits per heavy atom. The third kappa shape index (κ3) is 5.37. The van der Waals surface area contributed by atoms with Crippen LogP contribution in [0.2, 0.25) is 0 Å². The van der Waals surface area contributed by atoms with E-state index in [-0.39, 0.29) is 12.0 Å². The zero-order chi connectivity index (χ0) is 21.0. The molecule has 1 aliphatic rings. The van der Waals surface area contributed by atoms with Crippen molar-refractivity contribution in [3.8, 4) is 0 Å². The number of hydrogen-bond donors (Lipinski definition) is 2. The molecule has 1 aliphatic heterocycles. The van der Waals surface area contributed by atoms with Gasteiger partial charge in [-0.05, 0) is 52.3 Å². The Morgan fingerprint density at radius 3 is 2.46 bits per heavy atom. The van der Waals surface area contributed by atoms with Gasteiger partial charge in [-0.2, -0.15) is 13.2 Å². The zero-order valence-corrected chi connectivity index (χ0v) is 16.1. The normalized spacial score (nSPS) is 20.0. The van der Waals surface area contributed by atoms with Gasteiger partial charge in [0.2, 0.25) is 5.72 Å². The second-order valence-corrected chi connectivity index (χ2v) is 7.70. The summed E-state index contributed by atoms with van der Waals surface area (Å²) in [6.45, 7) is 6.17. The standard InChI is InChI=1S/C19H25F3N2O4/c1-17(2,3)28-16(26)24-18(27-12-25,15-8-5-9-23-11-15)13-6-4-7-14(10-13)19(20,21)22/h4,6-7,10,12,15,23H,5,8-9,11H2,1-3H3,(H,24,26). The van der Waals surface area contributed by atoms with Gasteiger partial charge in [-0.15, -0.1) is 0 Å². The molecule has 0 saturated carbocycles. The summed E-state index contributed by atoms with van der Waals surface area (Å²) in [6, 6.07) is 4.41. The summed E-state index contributed by atoms with van der Waals surface area (Å²) in [5.74, 6) is -0.484. The fraction of sp³-hybridized carbons (Fsp3) is 0.579. The molecule has 2 atom stereocenters. The van der Waals surface area contributed by atoms with Crippen LogP contribution >= 0.6 is 0 Å². The molecule has 156 valence electrons. The topological polar surface area (TPSA) is 76.7 Å². The van der Waals surface area contributed by atoms with Crippen LogP contribution in [0.25, 0.3) is 0 Å². The maximum Gasteiger partial charge on any atom is 0.416 e. The molecule has 6 nitrogen and oxygen atoms in total. The van der Waals surface area contributed by atoms with Gasteiger partial charge in [0, 0.05) is 18.0 Å². The van der Waals surface area contributed by atoms with Crippen molar-refractivity contribution in [2.24, 2.45) is 5.92 Å².